The predicted molar refractivity (Wildman–Crippen MR) is 96.3 cm³/mol. The molecule has 0 spiro atoms. The van der Waals surface area contributed by atoms with E-state index in [-0.39, 0.29) is 17.7 Å². The number of Topliss-reactive ketones (excluding diaryl/α,β-unsaturated/α-hetero) is 1. The first kappa shape index (κ1) is 17.9. The van der Waals surface area contributed by atoms with Crippen molar-refractivity contribution in [1.82, 2.24) is 0 Å². The van der Waals surface area contributed by atoms with Crippen LogP contribution in [0.4, 0.5) is 5.69 Å². The Bertz CT molecular complexity index is 723. The van der Waals surface area contributed by atoms with E-state index in [2.05, 4.69) is 24.4 Å². The van der Waals surface area contributed by atoms with Crippen molar-refractivity contribution in [3.8, 4) is 0 Å². The van der Waals surface area contributed by atoms with Gasteiger partial charge >= 0.3 is 0 Å². The first-order valence-electron chi connectivity index (χ1n) is 8.17. The van der Waals surface area contributed by atoms with Crippen LogP contribution < -0.4 is 10.2 Å². The van der Waals surface area contributed by atoms with Gasteiger partial charge in [-0.15, -0.1) is 0 Å². The summed E-state index contributed by atoms with van der Waals surface area (Å²) in [5.41, 5.74) is 3.84. The van der Waals surface area contributed by atoms with Crippen molar-refractivity contribution >= 4 is 17.4 Å². The van der Waals surface area contributed by atoms with Crippen LogP contribution in [0, 0.1) is 6.92 Å². The van der Waals surface area contributed by atoms with Crippen molar-refractivity contribution in [3.63, 3.8) is 0 Å². The lowest BCUT2D eigenvalue weighted by Crippen LogP contribution is -3.12. The molecule has 2 aromatic rings. The van der Waals surface area contributed by atoms with E-state index in [1.807, 2.05) is 26.1 Å². The second-order valence-corrected chi connectivity index (χ2v) is 6.29. The van der Waals surface area contributed by atoms with Gasteiger partial charge in [0.25, 0.3) is 5.91 Å². The Hall–Kier alpha value is -2.46. The molecule has 126 valence electrons. The summed E-state index contributed by atoms with van der Waals surface area (Å²) in [6.45, 7) is 6.33. The van der Waals surface area contributed by atoms with Crippen LogP contribution >= 0.6 is 0 Å². The fraction of sp³-hybridized carbons (Fsp3) is 0.300. The highest BCUT2D eigenvalue weighted by atomic mass is 16.2. The molecule has 2 atom stereocenters. The van der Waals surface area contributed by atoms with Gasteiger partial charge < -0.3 is 10.2 Å². The summed E-state index contributed by atoms with van der Waals surface area (Å²) in [4.78, 5) is 24.9. The highest BCUT2D eigenvalue weighted by molar-refractivity contribution is 5.96. The minimum absolute atomic E-state index is 0.0173. The van der Waals surface area contributed by atoms with Gasteiger partial charge in [0, 0.05) is 16.8 Å². The SMILES string of the molecule is CC(=O)c1ccc(NC(=O)[C@H](C)[NH+](C)Cc2ccccc2C)cc1. The molecule has 2 N–H and O–H groups in total. The third kappa shape index (κ3) is 4.52. The first-order valence-corrected chi connectivity index (χ1v) is 8.17. The van der Waals surface area contributed by atoms with Crippen LogP contribution in [0.3, 0.4) is 0 Å². The molecule has 24 heavy (non-hydrogen) atoms. The number of quaternary nitrogens is 1. The second kappa shape index (κ2) is 7.88. The maximum absolute atomic E-state index is 12.4. The van der Waals surface area contributed by atoms with Crippen LogP contribution in [0.15, 0.2) is 48.5 Å². The van der Waals surface area contributed by atoms with Gasteiger partial charge in [-0.3, -0.25) is 9.59 Å². The van der Waals surface area contributed by atoms with Crippen molar-refractivity contribution in [2.24, 2.45) is 0 Å². The number of benzene rings is 2. The maximum Gasteiger partial charge on any atom is 0.282 e. The third-order valence-electron chi connectivity index (χ3n) is 4.42. The van der Waals surface area contributed by atoms with Crippen molar-refractivity contribution in [3.05, 3.63) is 65.2 Å². The van der Waals surface area contributed by atoms with E-state index in [1.54, 1.807) is 24.3 Å². The molecule has 0 aliphatic carbocycles. The van der Waals surface area contributed by atoms with E-state index in [1.165, 1.54) is 18.1 Å². The number of carbonyl (C=O) groups is 2. The van der Waals surface area contributed by atoms with Crippen LogP contribution in [-0.2, 0) is 11.3 Å². The lowest BCUT2D eigenvalue weighted by Gasteiger charge is -2.22. The molecule has 0 saturated heterocycles. The van der Waals surface area contributed by atoms with Gasteiger partial charge in [0.2, 0.25) is 0 Å². The van der Waals surface area contributed by atoms with Gasteiger partial charge in [-0.2, -0.15) is 0 Å². The number of hydrogen-bond acceptors (Lipinski definition) is 2. The predicted octanol–water partition coefficient (Wildman–Crippen LogP) is 2.24. The van der Waals surface area contributed by atoms with Crippen molar-refractivity contribution < 1.29 is 14.5 Å². The Morgan fingerprint density at radius 2 is 1.71 bits per heavy atom. The van der Waals surface area contributed by atoms with Crippen LogP contribution in [-0.4, -0.2) is 24.8 Å². The average molecular weight is 325 g/mol. The number of rotatable bonds is 6. The number of carbonyl (C=O) groups excluding carboxylic acids is 2. The van der Waals surface area contributed by atoms with Gasteiger partial charge in [0.15, 0.2) is 11.8 Å². The summed E-state index contributed by atoms with van der Waals surface area (Å²) in [7, 11) is 2.02. The van der Waals surface area contributed by atoms with E-state index < -0.39 is 0 Å². The summed E-state index contributed by atoms with van der Waals surface area (Å²) in [5, 5.41) is 2.92. The van der Waals surface area contributed by atoms with E-state index >= 15 is 0 Å². The summed E-state index contributed by atoms with van der Waals surface area (Å²) < 4.78 is 0. The van der Waals surface area contributed by atoms with Crippen molar-refractivity contribution in [2.45, 2.75) is 33.4 Å². The molecular formula is C20H25N2O2+. The van der Waals surface area contributed by atoms with Crippen LogP contribution in [0.25, 0.3) is 0 Å². The van der Waals surface area contributed by atoms with Gasteiger partial charge in [-0.05, 0) is 50.6 Å². The number of ketones is 1. The number of anilines is 1. The Labute approximate surface area is 143 Å². The zero-order valence-corrected chi connectivity index (χ0v) is 14.7. The van der Waals surface area contributed by atoms with Gasteiger partial charge in [0.05, 0.1) is 7.05 Å². The molecule has 2 rings (SSSR count). The minimum atomic E-state index is -0.183. The van der Waals surface area contributed by atoms with Gasteiger partial charge in [-0.25, -0.2) is 0 Å². The molecule has 0 bridgehead atoms. The quantitative estimate of drug-likeness (QED) is 0.800. The molecule has 4 heteroatoms. The second-order valence-electron chi connectivity index (χ2n) is 6.29. The Kier molecular flexibility index (Phi) is 5.88. The zero-order valence-electron chi connectivity index (χ0n) is 14.7. The summed E-state index contributed by atoms with van der Waals surface area (Å²) in [5.74, 6) is -0.0136. The zero-order chi connectivity index (χ0) is 17.7. The molecule has 0 aliphatic heterocycles. The number of amides is 1. The third-order valence-corrected chi connectivity index (χ3v) is 4.42. The largest absolute Gasteiger partial charge is 0.324 e. The molecule has 0 radical (unpaired) electrons. The summed E-state index contributed by atoms with van der Waals surface area (Å²) >= 11 is 0. The molecule has 2 aromatic carbocycles. The van der Waals surface area contributed by atoms with Crippen molar-refractivity contribution in [2.75, 3.05) is 12.4 Å². The fourth-order valence-electron chi connectivity index (χ4n) is 2.52. The molecule has 0 fully saturated rings. The molecule has 0 saturated carbocycles. The summed E-state index contributed by atoms with van der Waals surface area (Å²) in [6, 6.07) is 15.0. The number of hydrogen-bond donors (Lipinski definition) is 2. The molecule has 4 nitrogen and oxygen atoms in total. The van der Waals surface area contributed by atoms with Crippen LogP contribution in [0.2, 0.25) is 0 Å². The number of nitrogens with one attached hydrogen (secondary N) is 2. The molecule has 0 aromatic heterocycles. The average Bonchev–Trinajstić information content (AvgIpc) is 2.56. The molecule has 0 aliphatic rings. The number of aryl methyl sites for hydroxylation is 1. The van der Waals surface area contributed by atoms with E-state index in [4.69, 9.17) is 0 Å². The van der Waals surface area contributed by atoms with E-state index in [9.17, 15) is 9.59 Å². The maximum atomic E-state index is 12.4. The normalized spacial score (nSPS) is 13.2. The van der Waals surface area contributed by atoms with Crippen LogP contribution in [0.5, 0.6) is 0 Å². The summed E-state index contributed by atoms with van der Waals surface area (Å²) in [6.07, 6.45) is 0. The Morgan fingerprint density at radius 1 is 1.08 bits per heavy atom. The smallest absolute Gasteiger partial charge is 0.282 e. The van der Waals surface area contributed by atoms with Gasteiger partial charge in [0.1, 0.15) is 6.54 Å². The van der Waals surface area contributed by atoms with Gasteiger partial charge in [-0.1, -0.05) is 24.3 Å². The Morgan fingerprint density at radius 3 is 2.29 bits per heavy atom. The minimum Gasteiger partial charge on any atom is -0.324 e. The van der Waals surface area contributed by atoms with E-state index in [0.29, 0.717) is 11.3 Å². The Balaban J connectivity index is 1.98. The highest BCUT2D eigenvalue weighted by Gasteiger charge is 2.22. The van der Waals surface area contributed by atoms with E-state index in [0.717, 1.165) is 11.4 Å². The van der Waals surface area contributed by atoms with Crippen LogP contribution in [0.1, 0.15) is 35.3 Å². The first-order chi connectivity index (χ1) is 11.4. The lowest BCUT2D eigenvalue weighted by molar-refractivity contribution is -0.907. The highest BCUT2D eigenvalue weighted by Crippen LogP contribution is 2.10. The lowest BCUT2D eigenvalue weighted by atomic mass is 10.1. The topological polar surface area (TPSA) is 50.6 Å². The molecule has 1 unspecified atom stereocenters. The number of likely N-dealkylation sites (N-methyl/N-ethyl adjacent to an activating group) is 1. The fourth-order valence-corrected chi connectivity index (χ4v) is 2.52. The van der Waals surface area contributed by atoms with Crippen molar-refractivity contribution in [1.29, 1.82) is 0 Å². The molecular weight excluding hydrogens is 300 g/mol. The standard InChI is InChI=1S/C20H24N2O2/c1-14-7-5-6-8-18(14)13-22(4)15(2)20(24)21-19-11-9-17(10-12-19)16(3)23/h5-12,15H,13H2,1-4H3,(H,21,24)/p+1/t15-/m0/s1. The monoisotopic (exact) mass is 325 g/mol. The molecule has 1 amide bonds. The molecule has 0 heterocycles.